The van der Waals surface area contributed by atoms with Crippen molar-refractivity contribution < 1.29 is 70.4 Å². The maximum Gasteiger partial charge on any atom is 1.00 e. The van der Waals surface area contributed by atoms with Crippen molar-refractivity contribution >= 4 is 40.9 Å². The second kappa shape index (κ2) is 10.6. The van der Waals surface area contributed by atoms with Crippen molar-refractivity contribution in [2.45, 2.75) is 6.92 Å². The zero-order chi connectivity index (χ0) is 22.0. The van der Waals surface area contributed by atoms with Crippen molar-refractivity contribution in [3.05, 3.63) is 96.8 Å². The van der Waals surface area contributed by atoms with Gasteiger partial charge < -0.3 is 19.6 Å². The number of nitrogens with zero attached hydrogens (tertiary/aromatic N) is 1. The van der Waals surface area contributed by atoms with Crippen LogP contribution < -0.4 is 88.6 Å². The van der Waals surface area contributed by atoms with Gasteiger partial charge in [0.15, 0.2) is 5.42 Å². The molecule has 0 bridgehead atoms. The third-order valence-corrected chi connectivity index (χ3v) is 4.84. The van der Waals surface area contributed by atoms with Crippen LogP contribution in [0.25, 0.3) is 17.7 Å². The number of carbonyl (C=O) groups excluding carboxylic acids is 1. The Labute approximate surface area is 229 Å². The normalized spacial score (nSPS) is 14.3. The van der Waals surface area contributed by atoms with Crippen LogP contribution in [0.2, 0.25) is 5.02 Å². The summed E-state index contributed by atoms with van der Waals surface area (Å²) in [6, 6.07) is 14.8. The summed E-state index contributed by atoms with van der Waals surface area (Å²) in [6.45, 7) is 1.77. The molecule has 1 aromatic heterocycles. The maximum atomic E-state index is 12.6. The van der Waals surface area contributed by atoms with Crippen molar-refractivity contribution in [1.29, 1.82) is 0 Å². The Morgan fingerprint density at radius 1 is 1.19 bits per heavy atom. The first-order valence-electron chi connectivity index (χ1n) is 9.42. The van der Waals surface area contributed by atoms with Crippen molar-refractivity contribution in [1.82, 2.24) is 0 Å². The Morgan fingerprint density at radius 3 is 2.62 bits per heavy atom. The van der Waals surface area contributed by atoms with E-state index < -0.39 is 17.5 Å². The number of amides is 1. The third kappa shape index (κ3) is 5.06. The number of ether oxygens (including phenoxy) is 1. The van der Waals surface area contributed by atoms with Crippen molar-refractivity contribution in [2.24, 2.45) is 4.99 Å². The Hall–Kier alpha value is -2.20. The molecule has 1 aliphatic rings. The van der Waals surface area contributed by atoms with Crippen LogP contribution in [0.4, 0.5) is 5.69 Å². The summed E-state index contributed by atoms with van der Waals surface area (Å²) in [7, 11) is 0. The summed E-state index contributed by atoms with van der Waals surface area (Å²) >= 11 is 6.21. The molecule has 156 valence electrons. The van der Waals surface area contributed by atoms with E-state index >= 15 is 0 Å². The van der Waals surface area contributed by atoms with E-state index in [1.165, 1.54) is 6.07 Å². The van der Waals surface area contributed by atoms with Crippen LogP contribution in [0.5, 0.6) is 0 Å². The van der Waals surface area contributed by atoms with Gasteiger partial charge in [-0.3, -0.25) is 4.79 Å². The van der Waals surface area contributed by atoms with Gasteiger partial charge in [-0.25, -0.2) is 9.79 Å². The fourth-order valence-electron chi connectivity index (χ4n) is 3.07. The van der Waals surface area contributed by atoms with Gasteiger partial charge in [0.2, 0.25) is 0 Å². The van der Waals surface area contributed by atoms with Gasteiger partial charge in [0.05, 0.1) is 16.3 Å². The standard InChI is InChI=1S/C23H17ClN2O5.K/c1-2-30-22(28)15-12-19(26-21(27)13-7-4-3-5-8-13)23(29)31-20(15)18-11-14-16(24)9-6-10-17(14)25-18;/h3-12,28H,2H2,1H3,(H,26,27);/q;+1/p-1/b20-18-,22-15+;. The molecule has 0 radical (unpaired) electrons. The largest absolute Gasteiger partial charge is 1.00 e. The number of fused-ring (bicyclic) bond motifs is 1. The second-order valence-electron chi connectivity index (χ2n) is 6.54. The van der Waals surface area contributed by atoms with Crippen molar-refractivity contribution in [3.8, 4) is 0 Å². The molecule has 4 rings (SSSR count). The van der Waals surface area contributed by atoms with E-state index in [1.54, 1.807) is 61.5 Å². The molecule has 9 heteroatoms. The molecule has 1 N–H and O–H groups in total. The first-order valence-corrected chi connectivity index (χ1v) is 9.79. The maximum absolute atomic E-state index is 12.6. The topological polar surface area (TPSA) is 104 Å². The Balaban J connectivity index is 0.00000289. The van der Waals surface area contributed by atoms with E-state index in [-0.39, 0.29) is 80.0 Å². The van der Waals surface area contributed by atoms with E-state index in [4.69, 9.17) is 20.8 Å². The van der Waals surface area contributed by atoms with Crippen LogP contribution >= 0.6 is 11.6 Å². The molecule has 0 saturated heterocycles. The molecule has 0 atom stereocenters. The second-order valence-corrected chi connectivity index (χ2v) is 6.95. The molecule has 0 aliphatic carbocycles. The number of hydrogen-bond acceptors (Lipinski definition) is 6. The van der Waals surface area contributed by atoms with Gasteiger partial charge in [0.25, 0.3) is 5.91 Å². The number of halogens is 1. The third-order valence-electron chi connectivity index (χ3n) is 4.51. The van der Waals surface area contributed by atoms with Crippen molar-refractivity contribution in [3.63, 3.8) is 0 Å². The smallest absolute Gasteiger partial charge is 0.613 e. The van der Waals surface area contributed by atoms with E-state index in [0.717, 1.165) is 0 Å². The number of hydrogen-bond donors (Lipinski definition) is 1. The molecule has 0 saturated carbocycles. The molecule has 1 aliphatic heterocycles. The summed E-state index contributed by atoms with van der Waals surface area (Å²) in [5.74, 6) is -1.23. The molecule has 3 aromatic rings. The van der Waals surface area contributed by atoms with Gasteiger partial charge in [-0.15, -0.1) is 0 Å². The monoisotopic (exact) mass is 474 g/mol. The van der Waals surface area contributed by atoms with Gasteiger partial charge >= 0.3 is 57.0 Å². The Bertz CT molecular complexity index is 1480. The molecular formula is C23H16ClKN2O5. The number of benzene rings is 2. The number of anilines is 1. The summed E-state index contributed by atoms with van der Waals surface area (Å²) in [5, 5.41) is 16.7. The Morgan fingerprint density at radius 2 is 1.94 bits per heavy atom. The molecule has 1 amide bonds. The van der Waals surface area contributed by atoms with Crippen LogP contribution in [0.1, 0.15) is 17.3 Å². The molecule has 7 nitrogen and oxygen atoms in total. The minimum absolute atomic E-state index is 0. The molecule has 2 heterocycles. The first kappa shape index (κ1) is 24.4. The van der Waals surface area contributed by atoms with Gasteiger partial charge in [0.1, 0.15) is 11.4 Å². The molecule has 0 spiro atoms. The zero-order valence-electron chi connectivity index (χ0n) is 17.3. The van der Waals surface area contributed by atoms with Crippen LogP contribution in [0.3, 0.4) is 0 Å². The van der Waals surface area contributed by atoms with Crippen LogP contribution in [-0.2, 0) is 4.74 Å². The molecule has 32 heavy (non-hydrogen) atoms. The van der Waals surface area contributed by atoms with E-state index in [9.17, 15) is 14.7 Å². The SMILES string of the molecule is CCO/C([O-])=c1\cc(NC(=O)c2ccccc2)c(=O)o\c1=C1\C=c2c(Cl)cccc2=N1.[K+]. The van der Waals surface area contributed by atoms with Crippen LogP contribution in [0, 0.1) is 0 Å². The number of rotatable bonds is 4. The predicted molar refractivity (Wildman–Crippen MR) is 114 cm³/mol. The molecule has 2 aromatic carbocycles. The van der Waals surface area contributed by atoms with Gasteiger partial charge in [-0.05, 0) is 43.0 Å². The zero-order valence-corrected chi connectivity index (χ0v) is 21.2. The van der Waals surface area contributed by atoms with Gasteiger partial charge in [0, 0.05) is 16.0 Å². The van der Waals surface area contributed by atoms with E-state index in [1.807, 2.05) is 0 Å². The molecule has 0 unspecified atom stereocenters. The average molecular weight is 475 g/mol. The fourth-order valence-corrected chi connectivity index (χ4v) is 3.30. The van der Waals surface area contributed by atoms with E-state index in [0.29, 0.717) is 21.2 Å². The first-order chi connectivity index (χ1) is 15.0. The van der Waals surface area contributed by atoms with Gasteiger partial charge in [-0.1, -0.05) is 42.8 Å². The van der Waals surface area contributed by atoms with Crippen LogP contribution in [-0.4, -0.2) is 12.5 Å². The number of carbonyl (C=O) groups is 1. The van der Waals surface area contributed by atoms with Gasteiger partial charge in [-0.2, -0.15) is 0 Å². The quantitative estimate of drug-likeness (QED) is 0.412. The number of nitrogens with one attached hydrogen (secondary N) is 1. The van der Waals surface area contributed by atoms with Crippen LogP contribution in [0.15, 0.2) is 68.8 Å². The van der Waals surface area contributed by atoms with Crippen molar-refractivity contribution in [2.75, 3.05) is 11.9 Å². The summed E-state index contributed by atoms with van der Waals surface area (Å²) in [6.07, 6.45) is 1.63. The minimum Gasteiger partial charge on any atom is -0.613 e. The predicted octanol–water partition coefficient (Wildman–Crippen LogP) is -2.77. The summed E-state index contributed by atoms with van der Waals surface area (Å²) < 4.78 is 10.5. The summed E-state index contributed by atoms with van der Waals surface area (Å²) in [4.78, 5) is 29.5. The van der Waals surface area contributed by atoms with E-state index in [2.05, 4.69) is 10.3 Å². The molecule has 0 fully saturated rings. The molecular weight excluding hydrogens is 459 g/mol. The summed E-state index contributed by atoms with van der Waals surface area (Å²) in [5.41, 5.74) is -0.472. The average Bonchev–Trinajstić information content (AvgIpc) is 3.21. The fraction of sp³-hybridized carbons (Fsp3) is 0.0870. The minimum atomic E-state index is -0.828. The Kier molecular flexibility index (Phi) is 8.10.